The van der Waals surface area contributed by atoms with Gasteiger partial charge in [0, 0.05) is 5.31 Å². The third-order valence-corrected chi connectivity index (χ3v) is 5.38. The van der Waals surface area contributed by atoms with Crippen molar-refractivity contribution >= 4 is 7.12 Å². The van der Waals surface area contributed by atoms with Gasteiger partial charge in [-0.15, -0.1) is 0 Å². The molecule has 3 heteroatoms. The summed E-state index contributed by atoms with van der Waals surface area (Å²) >= 11 is 0. The molecule has 1 aliphatic heterocycles. The molecule has 2 aliphatic rings. The third-order valence-electron chi connectivity index (χ3n) is 5.38. The van der Waals surface area contributed by atoms with Gasteiger partial charge in [0.1, 0.15) is 0 Å². The lowest BCUT2D eigenvalue weighted by Crippen LogP contribution is -2.41. The molecule has 1 saturated heterocycles. The fourth-order valence-corrected chi connectivity index (χ4v) is 2.86. The van der Waals surface area contributed by atoms with Crippen LogP contribution in [0.4, 0.5) is 0 Å². The van der Waals surface area contributed by atoms with E-state index in [0.717, 1.165) is 12.8 Å². The van der Waals surface area contributed by atoms with E-state index in [1.165, 1.54) is 6.42 Å². The van der Waals surface area contributed by atoms with Crippen molar-refractivity contribution in [3.8, 4) is 0 Å². The molecule has 0 N–H and O–H groups in total. The highest BCUT2D eigenvalue weighted by Gasteiger charge is 2.57. The molecule has 1 unspecified atom stereocenters. The molecule has 2 rings (SSSR count). The lowest BCUT2D eigenvalue weighted by molar-refractivity contribution is 0.00578. The average molecular weight is 264 g/mol. The molecule has 0 saturated carbocycles. The van der Waals surface area contributed by atoms with Crippen molar-refractivity contribution in [1.29, 1.82) is 0 Å². The number of hydrogen-bond acceptors (Lipinski definition) is 2. The van der Waals surface area contributed by atoms with Gasteiger partial charge in [-0.25, -0.2) is 0 Å². The third kappa shape index (κ3) is 2.64. The second kappa shape index (κ2) is 4.63. The fourth-order valence-electron chi connectivity index (χ4n) is 2.86. The highest BCUT2D eigenvalue weighted by molar-refractivity contribution is 6.49. The molecule has 0 aromatic carbocycles. The fraction of sp³-hybridized carbons (Fsp3) is 0.875. The van der Waals surface area contributed by atoms with Crippen molar-refractivity contribution in [2.24, 2.45) is 5.92 Å². The smallest absolute Gasteiger partial charge is 0.403 e. The maximum atomic E-state index is 6.25. The van der Waals surface area contributed by atoms with Gasteiger partial charge in [-0.1, -0.05) is 32.4 Å². The first kappa shape index (κ1) is 15.1. The first-order valence-electron chi connectivity index (χ1n) is 7.62. The summed E-state index contributed by atoms with van der Waals surface area (Å²) in [5.74, 6) is 0.669. The van der Waals surface area contributed by atoms with E-state index >= 15 is 0 Å². The molecule has 0 radical (unpaired) electrons. The topological polar surface area (TPSA) is 18.5 Å². The van der Waals surface area contributed by atoms with Crippen LogP contribution >= 0.6 is 0 Å². The summed E-state index contributed by atoms with van der Waals surface area (Å²) in [7, 11) is -0.0811. The molecule has 0 bridgehead atoms. The molecular formula is C16H29BO2. The molecule has 19 heavy (non-hydrogen) atoms. The molecule has 0 aromatic rings. The predicted molar refractivity (Wildman–Crippen MR) is 81.2 cm³/mol. The van der Waals surface area contributed by atoms with Crippen molar-refractivity contribution in [2.45, 2.75) is 84.2 Å². The Morgan fingerprint density at radius 2 is 1.58 bits per heavy atom. The maximum absolute atomic E-state index is 6.25. The number of hydrogen-bond donors (Lipinski definition) is 0. The van der Waals surface area contributed by atoms with Crippen LogP contribution in [0, 0.1) is 5.92 Å². The van der Waals surface area contributed by atoms with E-state index in [2.05, 4.69) is 54.5 Å². The van der Waals surface area contributed by atoms with Gasteiger partial charge < -0.3 is 9.31 Å². The second-order valence-electron chi connectivity index (χ2n) is 7.88. The van der Waals surface area contributed by atoms with Crippen LogP contribution in [0.3, 0.4) is 0 Å². The van der Waals surface area contributed by atoms with E-state index < -0.39 is 0 Å². The first-order chi connectivity index (χ1) is 8.57. The van der Waals surface area contributed by atoms with Gasteiger partial charge in [0.05, 0.1) is 11.2 Å². The van der Waals surface area contributed by atoms with Crippen LogP contribution in [0.1, 0.15) is 67.7 Å². The van der Waals surface area contributed by atoms with Crippen LogP contribution in [0.25, 0.3) is 0 Å². The molecule has 0 aromatic heterocycles. The van der Waals surface area contributed by atoms with Gasteiger partial charge in [0.2, 0.25) is 0 Å². The lowest BCUT2D eigenvalue weighted by atomic mass is 9.52. The minimum Gasteiger partial charge on any atom is -0.403 e. The molecule has 0 amide bonds. The number of rotatable bonds is 2. The van der Waals surface area contributed by atoms with Crippen LogP contribution in [0.15, 0.2) is 11.6 Å². The Kier molecular flexibility index (Phi) is 3.68. The van der Waals surface area contributed by atoms with Crippen LogP contribution in [0.2, 0.25) is 5.31 Å². The minimum atomic E-state index is -0.220. The van der Waals surface area contributed by atoms with Gasteiger partial charge in [-0.3, -0.25) is 0 Å². The summed E-state index contributed by atoms with van der Waals surface area (Å²) in [5, 5.41) is 0.115. The Hall–Kier alpha value is -0.275. The summed E-state index contributed by atoms with van der Waals surface area (Å²) in [6.07, 6.45) is 5.82. The Labute approximate surface area is 119 Å². The average Bonchev–Trinajstić information content (AvgIpc) is 2.49. The van der Waals surface area contributed by atoms with E-state index in [0.29, 0.717) is 5.92 Å². The monoisotopic (exact) mass is 264 g/mol. The summed E-state index contributed by atoms with van der Waals surface area (Å²) in [4.78, 5) is 0. The summed E-state index contributed by atoms with van der Waals surface area (Å²) in [6.45, 7) is 15.4. The van der Waals surface area contributed by atoms with E-state index in [9.17, 15) is 0 Å². The summed E-state index contributed by atoms with van der Waals surface area (Å²) < 4.78 is 12.5. The maximum Gasteiger partial charge on any atom is 0.464 e. The van der Waals surface area contributed by atoms with Crippen LogP contribution in [-0.4, -0.2) is 18.3 Å². The quantitative estimate of drug-likeness (QED) is 0.535. The van der Waals surface area contributed by atoms with Crippen molar-refractivity contribution in [1.82, 2.24) is 0 Å². The van der Waals surface area contributed by atoms with Crippen LogP contribution in [-0.2, 0) is 9.31 Å². The van der Waals surface area contributed by atoms with Crippen molar-refractivity contribution in [3.63, 3.8) is 0 Å². The van der Waals surface area contributed by atoms with Gasteiger partial charge in [-0.05, 0) is 52.9 Å². The van der Waals surface area contributed by atoms with Crippen LogP contribution in [0.5, 0.6) is 0 Å². The second-order valence-corrected chi connectivity index (χ2v) is 7.88. The minimum absolute atomic E-state index is 0.0811. The van der Waals surface area contributed by atoms with E-state index in [1.807, 2.05) is 0 Å². The lowest BCUT2D eigenvalue weighted by Gasteiger charge is -2.35. The van der Waals surface area contributed by atoms with Crippen molar-refractivity contribution < 1.29 is 9.31 Å². The SMILES string of the molecule is CC(C)C1=CCC(C)(B2OC(C)(C)C(C)(C)O2)CC1. The highest BCUT2D eigenvalue weighted by atomic mass is 16.7. The Morgan fingerprint density at radius 3 is 1.95 bits per heavy atom. The Balaban J connectivity index is 2.12. The molecule has 108 valence electrons. The molecule has 1 atom stereocenters. The number of allylic oxidation sites excluding steroid dienone is 2. The predicted octanol–water partition coefficient (Wildman–Crippen LogP) is 4.61. The Morgan fingerprint density at radius 1 is 1.05 bits per heavy atom. The highest BCUT2D eigenvalue weighted by Crippen LogP contribution is 2.51. The van der Waals surface area contributed by atoms with Gasteiger partial charge in [0.15, 0.2) is 0 Å². The van der Waals surface area contributed by atoms with Gasteiger partial charge >= 0.3 is 7.12 Å². The molecule has 2 nitrogen and oxygen atoms in total. The first-order valence-corrected chi connectivity index (χ1v) is 7.62. The molecular weight excluding hydrogens is 235 g/mol. The molecule has 1 fully saturated rings. The van der Waals surface area contributed by atoms with Crippen LogP contribution < -0.4 is 0 Å². The van der Waals surface area contributed by atoms with E-state index in [4.69, 9.17) is 9.31 Å². The van der Waals surface area contributed by atoms with Gasteiger partial charge in [-0.2, -0.15) is 0 Å². The zero-order valence-electron chi connectivity index (χ0n) is 13.7. The zero-order valence-corrected chi connectivity index (χ0v) is 13.7. The molecule has 0 spiro atoms. The normalized spacial score (nSPS) is 33.7. The molecule has 1 heterocycles. The van der Waals surface area contributed by atoms with Crippen molar-refractivity contribution in [2.75, 3.05) is 0 Å². The van der Waals surface area contributed by atoms with Crippen molar-refractivity contribution in [3.05, 3.63) is 11.6 Å². The standard InChI is InChI=1S/C16H29BO2/c1-12(2)13-8-10-16(7,11-9-13)17-18-14(3,4)15(5,6)19-17/h8,12H,9-11H2,1-7H3. The Bertz CT molecular complexity index is 368. The summed E-state index contributed by atoms with van der Waals surface area (Å²) in [5.41, 5.74) is 1.15. The van der Waals surface area contributed by atoms with E-state index in [-0.39, 0.29) is 23.6 Å². The van der Waals surface area contributed by atoms with E-state index in [1.54, 1.807) is 5.57 Å². The largest absolute Gasteiger partial charge is 0.464 e. The summed E-state index contributed by atoms with van der Waals surface area (Å²) in [6, 6.07) is 0. The zero-order chi connectivity index (χ0) is 14.5. The molecule has 1 aliphatic carbocycles. The van der Waals surface area contributed by atoms with Gasteiger partial charge in [0.25, 0.3) is 0 Å².